The molecule has 1 unspecified atom stereocenters. The largest absolute Gasteiger partial charge is 0.471 e. The van der Waals surface area contributed by atoms with E-state index in [1.807, 2.05) is 5.32 Å². The molecule has 0 saturated carbocycles. The number of hydrogen-bond acceptors (Lipinski definition) is 3. The van der Waals surface area contributed by atoms with Gasteiger partial charge in [-0.25, -0.2) is 0 Å². The zero-order chi connectivity index (χ0) is 14.3. The third-order valence-corrected chi connectivity index (χ3v) is 3.36. The van der Waals surface area contributed by atoms with E-state index in [0.717, 1.165) is 32.2 Å². The van der Waals surface area contributed by atoms with Crippen molar-refractivity contribution in [3.63, 3.8) is 0 Å². The Morgan fingerprint density at radius 2 is 2.11 bits per heavy atom. The van der Waals surface area contributed by atoms with Crippen LogP contribution in [0.1, 0.15) is 32.1 Å². The number of aliphatic hydroxyl groups excluding tert-OH is 1. The third kappa shape index (κ3) is 5.78. The molecular formula is C12H21F3N2O2. The molecule has 2 N–H and O–H groups in total. The van der Waals surface area contributed by atoms with E-state index >= 15 is 0 Å². The standard InChI is InChI=1S/C12H21F3N2O2/c13-12(14,15)11(19)16-6-3-8-17-7-1-4-10(17)5-2-9-18/h10,18H,1-9H2,(H,16,19). The summed E-state index contributed by atoms with van der Waals surface area (Å²) in [5, 5.41) is 10.7. The molecule has 1 amide bonds. The van der Waals surface area contributed by atoms with Crippen LogP contribution in [0.25, 0.3) is 0 Å². The Labute approximate surface area is 111 Å². The normalized spacial score (nSPS) is 20.7. The van der Waals surface area contributed by atoms with Gasteiger partial charge in [-0.3, -0.25) is 4.79 Å². The lowest BCUT2D eigenvalue weighted by Gasteiger charge is -2.24. The Bertz CT molecular complexity index is 285. The van der Waals surface area contributed by atoms with Gasteiger partial charge >= 0.3 is 12.1 Å². The highest BCUT2D eigenvalue weighted by atomic mass is 19.4. The van der Waals surface area contributed by atoms with Crippen LogP contribution in [0.4, 0.5) is 13.2 Å². The summed E-state index contributed by atoms with van der Waals surface area (Å²) in [5.41, 5.74) is 0. The first-order valence-corrected chi connectivity index (χ1v) is 6.65. The predicted molar refractivity (Wildman–Crippen MR) is 64.6 cm³/mol. The number of nitrogens with zero attached hydrogens (tertiary/aromatic N) is 1. The Balaban J connectivity index is 2.16. The Kier molecular flexibility index (Phi) is 6.57. The van der Waals surface area contributed by atoms with Gasteiger partial charge in [0.2, 0.25) is 0 Å². The fraction of sp³-hybridized carbons (Fsp3) is 0.917. The van der Waals surface area contributed by atoms with Gasteiger partial charge in [0.1, 0.15) is 0 Å². The van der Waals surface area contributed by atoms with Crippen molar-refractivity contribution in [3.05, 3.63) is 0 Å². The predicted octanol–water partition coefficient (Wildman–Crippen LogP) is 1.29. The molecule has 1 atom stereocenters. The molecular weight excluding hydrogens is 261 g/mol. The SMILES string of the molecule is O=C(NCCCN1CCCC1CCCO)C(F)(F)F. The van der Waals surface area contributed by atoms with Crippen LogP contribution < -0.4 is 5.32 Å². The summed E-state index contributed by atoms with van der Waals surface area (Å²) in [7, 11) is 0. The molecule has 1 aliphatic rings. The second-order valence-electron chi connectivity index (χ2n) is 4.81. The van der Waals surface area contributed by atoms with E-state index in [9.17, 15) is 18.0 Å². The van der Waals surface area contributed by atoms with Crippen molar-refractivity contribution in [1.29, 1.82) is 0 Å². The first-order chi connectivity index (χ1) is 8.95. The third-order valence-electron chi connectivity index (χ3n) is 3.36. The first-order valence-electron chi connectivity index (χ1n) is 6.65. The number of carbonyl (C=O) groups excluding carboxylic acids is 1. The van der Waals surface area contributed by atoms with Crippen molar-refractivity contribution in [2.24, 2.45) is 0 Å². The lowest BCUT2D eigenvalue weighted by molar-refractivity contribution is -0.173. The molecule has 0 spiro atoms. The van der Waals surface area contributed by atoms with Gasteiger partial charge in [-0.05, 0) is 38.6 Å². The second-order valence-corrected chi connectivity index (χ2v) is 4.81. The number of likely N-dealkylation sites (tertiary alicyclic amines) is 1. The Morgan fingerprint density at radius 1 is 1.37 bits per heavy atom. The van der Waals surface area contributed by atoms with Crippen LogP contribution in [0.2, 0.25) is 0 Å². The molecule has 4 nitrogen and oxygen atoms in total. The number of alkyl halides is 3. The number of hydrogen-bond donors (Lipinski definition) is 2. The van der Waals surface area contributed by atoms with Crippen molar-refractivity contribution in [1.82, 2.24) is 10.2 Å². The van der Waals surface area contributed by atoms with Gasteiger partial charge in [0.05, 0.1) is 0 Å². The quantitative estimate of drug-likeness (QED) is 0.692. The summed E-state index contributed by atoms with van der Waals surface area (Å²) in [4.78, 5) is 12.8. The zero-order valence-electron chi connectivity index (χ0n) is 10.9. The monoisotopic (exact) mass is 282 g/mol. The first kappa shape index (κ1) is 16.2. The molecule has 1 saturated heterocycles. The Morgan fingerprint density at radius 3 is 2.74 bits per heavy atom. The lowest BCUT2D eigenvalue weighted by atomic mass is 10.1. The highest BCUT2D eigenvalue weighted by Crippen LogP contribution is 2.21. The van der Waals surface area contributed by atoms with E-state index in [2.05, 4.69) is 4.90 Å². The summed E-state index contributed by atoms with van der Waals surface area (Å²) >= 11 is 0. The van der Waals surface area contributed by atoms with Crippen LogP contribution in [0.5, 0.6) is 0 Å². The molecule has 0 bridgehead atoms. The molecule has 0 aromatic heterocycles. The maximum absolute atomic E-state index is 11.9. The molecule has 7 heteroatoms. The smallest absolute Gasteiger partial charge is 0.396 e. The van der Waals surface area contributed by atoms with E-state index in [1.54, 1.807) is 0 Å². The van der Waals surface area contributed by atoms with Crippen molar-refractivity contribution >= 4 is 5.91 Å². The molecule has 0 aromatic carbocycles. The summed E-state index contributed by atoms with van der Waals surface area (Å²) < 4.78 is 35.8. The average Bonchev–Trinajstić information content (AvgIpc) is 2.78. The maximum Gasteiger partial charge on any atom is 0.471 e. The lowest BCUT2D eigenvalue weighted by Crippen LogP contribution is -2.39. The minimum absolute atomic E-state index is 0.0432. The number of rotatable bonds is 7. The summed E-state index contributed by atoms with van der Waals surface area (Å²) in [6, 6.07) is 0.422. The fourth-order valence-electron chi connectivity index (χ4n) is 2.43. The number of amides is 1. The second kappa shape index (κ2) is 7.69. The zero-order valence-corrected chi connectivity index (χ0v) is 10.9. The van der Waals surface area contributed by atoms with Gasteiger partial charge in [-0.2, -0.15) is 13.2 Å². The molecule has 1 aliphatic heterocycles. The molecule has 0 aliphatic carbocycles. The van der Waals surface area contributed by atoms with Crippen LogP contribution in [0, 0.1) is 0 Å². The summed E-state index contributed by atoms with van der Waals surface area (Å²) in [5.74, 6) is -1.87. The van der Waals surface area contributed by atoms with Crippen molar-refractivity contribution < 1.29 is 23.1 Å². The van der Waals surface area contributed by atoms with Gasteiger partial charge in [0.25, 0.3) is 0 Å². The number of aliphatic hydroxyl groups is 1. The van der Waals surface area contributed by atoms with Crippen molar-refractivity contribution in [2.45, 2.75) is 44.3 Å². The molecule has 19 heavy (non-hydrogen) atoms. The minimum Gasteiger partial charge on any atom is -0.396 e. The summed E-state index contributed by atoms with van der Waals surface area (Å²) in [6.07, 6.45) is -0.438. The highest BCUT2D eigenvalue weighted by molar-refractivity contribution is 5.81. The van der Waals surface area contributed by atoms with Crippen molar-refractivity contribution in [3.8, 4) is 0 Å². The van der Waals surface area contributed by atoms with Crippen LogP contribution in [-0.4, -0.2) is 54.4 Å². The minimum atomic E-state index is -4.79. The van der Waals surface area contributed by atoms with Gasteiger partial charge in [0.15, 0.2) is 0 Å². The summed E-state index contributed by atoms with van der Waals surface area (Å²) in [6.45, 7) is 1.85. The van der Waals surface area contributed by atoms with Gasteiger partial charge in [-0.1, -0.05) is 0 Å². The van der Waals surface area contributed by atoms with E-state index in [-0.39, 0.29) is 13.2 Å². The molecule has 1 rings (SSSR count). The average molecular weight is 282 g/mol. The Hall–Kier alpha value is -0.820. The number of nitrogens with one attached hydrogen (secondary N) is 1. The number of halogens is 3. The van der Waals surface area contributed by atoms with Gasteiger partial charge in [0, 0.05) is 25.7 Å². The molecule has 1 fully saturated rings. The molecule has 0 radical (unpaired) electrons. The van der Waals surface area contributed by atoms with Crippen molar-refractivity contribution in [2.75, 3.05) is 26.2 Å². The van der Waals surface area contributed by atoms with Crippen LogP contribution >= 0.6 is 0 Å². The van der Waals surface area contributed by atoms with Gasteiger partial charge in [-0.15, -0.1) is 0 Å². The topological polar surface area (TPSA) is 52.6 Å². The molecule has 0 aromatic rings. The van der Waals surface area contributed by atoms with E-state index in [0.29, 0.717) is 19.0 Å². The van der Waals surface area contributed by atoms with E-state index in [1.165, 1.54) is 0 Å². The van der Waals surface area contributed by atoms with Crippen LogP contribution in [-0.2, 0) is 4.79 Å². The van der Waals surface area contributed by atoms with Crippen LogP contribution in [0.3, 0.4) is 0 Å². The van der Waals surface area contributed by atoms with Gasteiger partial charge < -0.3 is 15.3 Å². The highest BCUT2D eigenvalue weighted by Gasteiger charge is 2.38. The fourth-order valence-corrected chi connectivity index (χ4v) is 2.43. The number of carbonyl (C=O) groups is 1. The molecule has 1 heterocycles. The van der Waals surface area contributed by atoms with Crippen LogP contribution in [0.15, 0.2) is 0 Å². The molecule has 112 valence electrons. The van der Waals surface area contributed by atoms with E-state index in [4.69, 9.17) is 5.11 Å². The maximum atomic E-state index is 11.9. The van der Waals surface area contributed by atoms with E-state index < -0.39 is 12.1 Å².